The van der Waals surface area contributed by atoms with Crippen molar-refractivity contribution in [3.63, 3.8) is 0 Å². The normalized spacial score (nSPS) is 12.2. The first kappa shape index (κ1) is 15.2. The molecule has 0 aliphatic carbocycles. The van der Waals surface area contributed by atoms with Gasteiger partial charge in [0.1, 0.15) is 11.5 Å². The van der Waals surface area contributed by atoms with Crippen molar-refractivity contribution in [1.82, 2.24) is 0 Å². The molecule has 0 aromatic heterocycles. The van der Waals surface area contributed by atoms with Crippen molar-refractivity contribution < 1.29 is 9.31 Å². The van der Waals surface area contributed by atoms with E-state index in [4.69, 9.17) is 0 Å². The SMILES string of the molecule is CSCCC(C)Nc1cc(F)c(Br)cc1[N+](=O)[O-]. The van der Waals surface area contributed by atoms with Crippen molar-refractivity contribution in [3.05, 3.63) is 32.5 Å². The van der Waals surface area contributed by atoms with Gasteiger partial charge in [0.2, 0.25) is 0 Å². The lowest BCUT2D eigenvalue weighted by molar-refractivity contribution is -0.384. The molecule has 0 saturated heterocycles. The summed E-state index contributed by atoms with van der Waals surface area (Å²) in [7, 11) is 0. The number of rotatable bonds is 6. The van der Waals surface area contributed by atoms with Crippen LogP contribution in [0.4, 0.5) is 15.8 Å². The van der Waals surface area contributed by atoms with Gasteiger partial charge in [-0.3, -0.25) is 10.1 Å². The second-order valence-electron chi connectivity index (χ2n) is 3.87. The molecule has 0 spiro atoms. The summed E-state index contributed by atoms with van der Waals surface area (Å²) in [5.74, 6) is 0.432. The predicted molar refractivity (Wildman–Crippen MR) is 76.8 cm³/mol. The lowest BCUT2D eigenvalue weighted by Gasteiger charge is -2.15. The fourth-order valence-electron chi connectivity index (χ4n) is 1.44. The second kappa shape index (κ2) is 6.94. The molecular weight excluding hydrogens is 323 g/mol. The van der Waals surface area contributed by atoms with E-state index in [-0.39, 0.29) is 21.9 Å². The summed E-state index contributed by atoms with van der Waals surface area (Å²) in [5, 5.41) is 13.9. The standard InChI is InChI=1S/C11H14BrFN2O2S/c1-7(3-4-18-2)14-10-6-9(13)8(12)5-11(10)15(16)17/h5-7,14H,3-4H2,1-2H3. The largest absolute Gasteiger partial charge is 0.377 e. The summed E-state index contributed by atoms with van der Waals surface area (Å²) < 4.78 is 13.5. The Balaban J connectivity index is 2.93. The Morgan fingerprint density at radius 2 is 2.28 bits per heavy atom. The van der Waals surface area contributed by atoms with Crippen LogP contribution in [0.5, 0.6) is 0 Å². The van der Waals surface area contributed by atoms with Crippen LogP contribution in [0.25, 0.3) is 0 Å². The topological polar surface area (TPSA) is 55.2 Å². The fourth-order valence-corrected chi connectivity index (χ4v) is 2.36. The first-order valence-electron chi connectivity index (χ1n) is 5.34. The summed E-state index contributed by atoms with van der Waals surface area (Å²) in [6.45, 7) is 1.92. The zero-order chi connectivity index (χ0) is 13.7. The first-order chi connectivity index (χ1) is 8.45. The number of hydrogen-bond donors (Lipinski definition) is 1. The van der Waals surface area contributed by atoms with Crippen LogP contribution in [0.1, 0.15) is 13.3 Å². The number of hydrogen-bond acceptors (Lipinski definition) is 4. The number of nitrogens with zero attached hydrogens (tertiary/aromatic N) is 1. The van der Waals surface area contributed by atoms with Gasteiger partial charge < -0.3 is 5.32 Å². The molecule has 0 fully saturated rings. The van der Waals surface area contributed by atoms with Gasteiger partial charge in [0, 0.05) is 18.2 Å². The smallest absolute Gasteiger partial charge is 0.293 e. The van der Waals surface area contributed by atoms with E-state index in [2.05, 4.69) is 21.2 Å². The molecule has 4 nitrogen and oxygen atoms in total. The number of nitrogens with one attached hydrogen (secondary N) is 1. The van der Waals surface area contributed by atoms with Crippen molar-refractivity contribution in [2.75, 3.05) is 17.3 Å². The van der Waals surface area contributed by atoms with Crippen LogP contribution in [0.2, 0.25) is 0 Å². The summed E-state index contributed by atoms with van der Waals surface area (Å²) in [6, 6.07) is 2.38. The fraction of sp³-hybridized carbons (Fsp3) is 0.455. The summed E-state index contributed by atoms with van der Waals surface area (Å²) in [6.07, 6.45) is 2.85. The van der Waals surface area contributed by atoms with E-state index in [9.17, 15) is 14.5 Å². The third kappa shape index (κ3) is 4.13. The van der Waals surface area contributed by atoms with Gasteiger partial charge in [-0.15, -0.1) is 0 Å². The molecule has 18 heavy (non-hydrogen) atoms. The molecule has 7 heteroatoms. The second-order valence-corrected chi connectivity index (χ2v) is 5.71. The van der Waals surface area contributed by atoms with E-state index in [1.807, 2.05) is 13.2 Å². The van der Waals surface area contributed by atoms with Gasteiger partial charge in [-0.1, -0.05) is 0 Å². The highest BCUT2D eigenvalue weighted by molar-refractivity contribution is 9.10. The lowest BCUT2D eigenvalue weighted by Crippen LogP contribution is -2.17. The van der Waals surface area contributed by atoms with E-state index in [0.29, 0.717) is 0 Å². The number of thioether (sulfide) groups is 1. The highest BCUT2D eigenvalue weighted by Crippen LogP contribution is 2.31. The van der Waals surface area contributed by atoms with Gasteiger partial charge in [0.25, 0.3) is 5.69 Å². The van der Waals surface area contributed by atoms with E-state index in [1.165, 1.54) is 6.07 Å². The Morgan fingerprint density at radius 3 is 2.83 bits per heavy atom. The summed E-state index contributed by atoms with van der Waals surface area (Å²) in [5.41, 5.74) is 0.0913. The Kier molecular flexibility index (Phi) is 5.87. The van der Waals surface area contributed by atoms with Crippen LogP contribution < -0.4 is 5.32 Å². The minimum atomic E-state index is -0.520. The van der Waals surface area contributed by atoms with Crippen LogP contribution in [0.15, 0.2) is 16.6 Å². The van der Waals surface area contributed by atoms with Gasteiger partial charge >= 0.3 is 0 Å². The summed E-state index contributed by atoms with van der Waals surface area (Å²) in [4.78, 5) is 10.4. The third-order valence-corrected chi connectivity index (χ3v) is 3.64. The van der Waals surface area contributed by atoms with E-state index in [0.717, 1.165) is 18.2 Å². The van der Waals surface area contributed by atoms with E-state index in [1.54, 1.807) is 11.8 Å². The monoisotopic (exact) mass is 336 g/mol. The molecule has 1 aromatic rings. The van der Waals surface area contributed by atoms with E-state index < -0.39 is 10.7 Å². The Bertz CT molecular complexity index is 445. The Morgan fingerprint density at radius 1 is 1.61 bits per heavy atom. The molecule has 0 amide bonds. The Labute approximate surface area is 118 Å². The molecule has 100 valence electrons. The zero-order valence-electron chi connectivity index (χ0n) is 10.1. The van der Waals surface area contributed by atoms with E-state index >= 15 is 0 Å². The number of anilines is 1. The molecule has 1 unspecified atom stereocenters. The van der Waals surface area contributed by atoms with Crippen molar-refractivity contribution in [3.8, 4) is 0 Å². The van der Waals surface area contributed by atoms with Crippen molar-refractivity contribution in [1.29, 1.82) is 0 Å². The number of halogens is 2. The zero-order valence-corrected chi connectivity index (χ0v) is 12.5. The minimum absolute atomic E-state index is 0.0525. The van der Waals surface area contributed by atoms with Crippen molar-refractivity contribution in [2.24, 2.45) is 0 Å². The molecule has 0 aliphatic rings. The van der Waals surface area contributed by atoms with Crippen LogP contribution in [-0.4, -0.2) is 23.0 Å². The van der Waals surface area contributed by atoms with Gasteiger partial charge in [0.15, 0.2) is 0 Å². The summed E-state index contributed by atoms with van der Waals surface area (Å²) >= 11 is 4.65. The first-order valence-corrected chi connectivity index (χ1v) is 7.53. The van der Waals surface area contributed by atoms with Gasteiger partial charge in [-0.05, 0) is 41.3 Å². The van der Waals surface area contributed by atoms with Crippen LogP contribution in [-0.2, 0) is 0 Å². The maximum absolute atomic E-state index is 13.4. The maximum Gasteiger partial charge on any atom is 0.293 e. The molecule has 1 rings (SSSR count). The molecular formula is C11H14BrFN2O2S. The molecule has 1 N–H and O–H groups in total. The number of nitro groups is 1. The average molecular weight is 337 g/mol. The average Bonchev–Trinajstić information content (AvgIpc) is 2.30. The highest BCUT2D eigenvalue weighted by Gasteiger charge is 2.18. The third-order valence-electron chi connectivity index (χ3n) is 2.39. The molecule has 0 bridgehead atoms. The van der Waals surface area contributed by atoms with Crippen LogP contribution >= 0.6 is 27.7 Å². The number of benzene rings is 1. The van der Waals surface area contributed by atoms with Gasteiger partial charge in [0.05, 0.1) is 9.40 Å². The molecule has 1 atom stereocenters. The maximum atomic E-state index is 13.4. The van der Waals surface area contributed by atoms with Crippen molar-refractivity contribution >= 4 is 39.1 Å². The number of nitro benzene ring substituents is 1. The molecule has 0 aliphatic heterocycles. The minimum Gasteiger partial charge on any atom is -0.377 e. The molecule has 0 heterocycles. The van der Waals surface area contributed by atoms with Crippen LogP contribution in [0, 0.1) is 15.9 Å². The molecule has 0 radical (unpaired) electrons. The van der Waals surface area contributed by atoms with Crippen LogP contribution in [0.3, 0.4) is 0 Å². The highest BCUT2D eigenvalue weighted by atomic mass is 79.9. The quantitative estimate of drug-likeness (QED) is 0.628. The van der Waals surface area contributed by atoms with Crippen molar-refractivity contribution in [2.45, 2.75) is 19.4 Å². The van der Waals surface area contributed by atoms with Gasteiger partial charge in [-0.25, -0.2) is 4.39 Å². The molecule has 0 saturated carbocycles. The molecule has 1 aromatic carbocycles. The Hall–Kier alpha value is -0.820. The van der Waals surface area contributed by atoms with Gasteiger partial charge in [-0.2, -0.15) is 11.8 Å². The predicted octanol–water partition coefficient (Wildman–Crippen LogP) is 4.05. The lowest BCUT2D eigenvalue weighted by atomic mass is 10.2.